The molecule has 1 heterocycles. The molecule has 0 amide bonds. The summed E-state index contributed by atoms with van der Waals surface area (Å²) < 4.78 is 30.3. The summed E-state index contributed by atoms with van der Waals surface area (Å²) in [6.07, 6.45) is -1.78. The Balaban J connectivity index is 2.30. The van der Waals surface area contributed by atoms with Gasteiger partial charge in [0, 0.05) is 6.54 Å². The summed E-state index contributed by atoms with van der Waals surface area (Å²) in [5, 5.41) is 0. The van der Waals surface area contributed by atoms with Crippen LogP contribution in [0, 0.1) is 0 Å². The number of benzene rings is 1. The van der Waals surface area contributed by atoms with E-state index < -0.39 is 25.0 Å². The van der Waals surface area contributed by atoms with Crippen LogP contribution in [0.25, 0.3) is 0 Å². The van der Waals surface area contributed by atoms with E-state index in [1.54, 1.807) is 6.92 Å². The molecule has 1 aromatic rings. The second kappa shape index (κ2) is 6.10. The van der Waals surface area contributed by atoms with Crippen LogP contribution in [-0.4, -0.2) is 37.0 Å². The summed E-state index contributed by atoms with van der Waals surface area (Å²) >= 11 is 0. The summed E-state index contributed by atoms with van der Waals surface area (Å²) in [7, 11) is 0. The first-order valence-electron chi connectivity index (χ1n) is 6.40. The molecule has 1 aromatic carbocycles. The highest BCUT2D eigenvalue weighted by Crippen LogP contribution is 2.31. The van der Waals surface area contributed by atoms with Crippen molar-refractivity contribution in [2.45, 2.75) is 25.8 Å². The molecule has 3 nitrogen and oxygen atoms in total. The van der Waals surface area contributed by atoms with E-state index in [1.165, 1.54) is 4.90 Å². The molecule has 0 spiro atoms. The van der Waals surface area contributed by atoms with Gasteiger partial charge < -0.3 is 4.74 Å². The number of ether oxygens (including phenoxy) is 1. The van der Waals surface area contributed by atoms with Crippen LogP contribution < -0.4 is 0 Å². The van der Waals surface area contributed by atoms with Crippen LogP contribution in [0.3, 0.4) is 0 Å². The van der Waals surface area contributed by atoms with Gasteiger partial charge in [0.15, 0.2) is 0 Å². The predicted octanol–water partition coefficient (Wildman–Crippen LogP) is 2.41. The molecule has 1 aliphatic heterocycles. The SMILES string of the molecule is CCOC(=O)[C@@H]1c2ccccc2CCN1CC(F)F. The van der Waals surface area contributed by atoms with E-state index in [4.69, 9.17) is 4.74 Å². The van der Waals surface area contributed by atoms with E-state index in [9.17, 15) is 13.6 Å². The zero-order valence-corrected chi connectivity index (χ0v) is 10.8. The maximum absolute atomic E-state index is 12.6. The van der Waals surface area contributed by atoms with Gasteiger partial charge in [-0.2, -0.15) is 0 Å². The van der Waals surface area contributed by atoms with Crippen molar-refractivity contribution >= 4 is 5.97 Å². The number of carbonyl (C=O) groups is 1. The van der Waals surface area contributed by atoms with Gasteiger partial charge in [-0.1, -0.05) is 24.3 Å². The number of hydrogen-bond acceptors (Lipinski definition) is 3. The Morgan fingerprint density at radius 3 is 2.89 bits per heavy atom. The number of halogens is 2. The van der Waals surface area contributed by atoms with Crippen molar-refractivity contribution in [1.82, 2.24) is 4.90 Å². The lowest BCUT2D eigenvalue weighted by molar-refractivity contribution is -0.151. The molecule has 0 N–H and O–H groups in total. The quantitative estimate of drug-likeness (QED) is 0.786. The third-order valence-electron chi connectivity index (χ3n) is 3.27. The van der Waals surface area contributed by atoms with Crippen LogP contribution >= 0.6 is 0 Å². The molecule has 1 atom stereocenters. The van der Waals surface area contributed by atoms with Gasteiger partial charge in [0.2, 0.25) is 0 Å². The highest BCUT2D eigenvalue weighted by Gasteiger charge is 2.35. The molecule has 0 bridgehead atoms. The van der Waals surface area contributed by atoms with Crippen LogP contribution in [0.4, 0.5) is 8.78 Å². The Kier molecular flexibility index (Phi) is 4.47. The molecule has 0 saturated heterocycles. The lowest BCUT2D eigenvalue weighted by Crippen LogP contribution is -2.42. The number of fused-ring (bicyclic) bond motifs is 1. The molecule has 0 unspecified atom stereocenters. The molecule has 0 aliphatic carbocycles. The van der Waals surface area contributed by atoms with E-state index in [2.05, 4.69) is 0 Å². The van der Waals surface area contributed by atoms with Crippen molar-refractivity contribution in [3.05, 3.63) is 35.4 Å². The van der Waals surface area contributed by atoms with Gasteiger partial charge in [-0.3, -0.25) is 4.90 Å². The molecule has 104 valence electrons. The van der Waals surface area contributed by atoms with Crippen LogP contribution in [0.2, 0.25) is 0 Å². The van der Waals surface area contributed by atoms with Gasteiger partial charge in [-0.05, 0) is 24.5 Å². The minimum Gasteiger partial charge on any atom is -0.465 e. The summed E-state index contributed by atoms with van der Waals surface area (Å²) in [5.41, 5.74) is 1.82. The van der Waals surface area contributed by atoms with Crippen molar-refractivity contribution in [2.24, 2.45) is 0 Å². The second-order valence-corrected chi connectivity index (χ2v) is 4.49. The number of nitrogens with zero attached hydrogens (tertiary/aromatic N) is 1. The lowest BCUT2D eigenvalue weighted by Gasteiger charge is -2.35. The Morgan fingerprint density at radius 1 is 1.47 bits per heavy atom. The van der Waals surface area contributed by atoms with Gasteiger partial charge in [-0.15, -0.1) is 0 Å². The normalized spacial score (nSPS) is 19.3. The van der Waals surface area contributed by atoms with E-state index >= 15 is 0 Å². The standard InChI is InChI=1S/C14H17F2NO2/c1-2-19-14(18)13-11-6-4-3-5-10(11)7-8-17(13)9-12(15)16/h3-6,12-13H,2,7-9H2,1H3/t13-/m0/s1. The second-order valence-electron chi connectivity index (χ2n) is 4.49. The Morgan fingerprint density at radius 2 is 2.21 bits per heavy atom. The van der Waals surface area contributed by atoms with Crippen LogP contribution in [0.15, 0.2) is 24.3 Å². The summed E-state index contributed by atoms with van der Waals surface area (Å²) in [6, 6.07) is 6.75. The zero-order chi connectivity index (χ0) is 13.8. The maximum atomic E-state index is 12.6. The summed E-state index contributed by atoms with van der Waals surface area (Å²) in [6.45, 7) is 2.01. The maximum Gasteiger partial charge on any atom is 0.328 e. The van der Waals surface area contributed by atoms with E-state index in [0.29, 0.717) is 13.0 Å². The molecule has 0 saturated carbocycles. The fourth-order valence-corrected chi connectivity index (χ4v) is 2.49. The zero-order valence-electron chi connectivity index (χ0n) is 10.8. The number of carbonyl (C=O) groups excluding carboxylic acids is 1. The minimum atomic E-state index is -2.46. The third kappa shape index (κ3) is 3.10. The van der Waals surface area contributed by atoms with Gasteiger partial charge in [0.25, 0.3) is 6.43 Å². The first-order chi connectivity index (χ1) is 9.13. The van der Waals surface area contributed by atoms with E-state index in [1.807, 2.05) is 24.3 Å². The monoisotopic (exact) mass is 269 g/mol. The van der Waals surface area contributed by atoms with Gasteiger partial charge in [0.05, 0.1) is 13.2 Å². The van der Waals surface area contributed by atoms with Gasteiger partial charge in [-0.25, -0.2) is 13.6 Å². The van der Waals surface area contributed by atoms with Crippen LogP contribution in [0.5, 0.6) is 0 Å². The number of esters is 1. The van der Waals surface area contributed by atoms with Crippen molar-refractivity contribution in [1.29, 1.82) is 0 Å². The molecule has 2 rings (SSSR count). The fraction of sp³-hybridized carbons (Fsp3) is 0.500. The third-order valence-corrected chi connectivity index (χ3v) is 3.27. The number of rotatable bonds is 4. The van der Waals surface area contributed by atoms with Gasteiger partial charge >= 0.3 is 5.97 Å². The first-order valence-corrected chi connectivity index (χ1v) is 6.40. The van der Waals surface area contributed by atoms with E-state index in [0.717, 1.165) is 11.1 Å². The highest BCUT2D eigenvalue weighted by atomic mass is 19.3. The predicted molar refractivity (Wildman–Crippen MR) is 67.1 cm³/mol. The van der Waals surface area contributed by atoms with Gasteiger partial charge in [0.1, 0.15) is 6.04 Å². The minimum absolute atomic E-state index is 0.250. The number of alkyl halides is 2. The summed E-state index contributed by atoms with van der Waals surface area (Å²) in [4.78, 5) is 13.5. The molecule has 19 heavy (non-hydrogen) atoms. The Hall–Kier alpha value is -1.49. The average molecular weight is 269 g/mol. The Labute approximate surface area is 111 Å². The molecule has 0 aromatic heterocycles. The molecular weight excluding hydrogens is 252 g/mol. The highest BCUT2D eigenvalue weighted by molar-refractivity contribution is 5.78. The largest absolute Gasteiger partial charge is 0.465 e. The smallest absolute Gasteiger partial charge is 0.328 e. The van der Waals surface area contributed by atoms with Crippen molar-refractivity contribution in [3.63, 3.8) is 0 Å². The van der Waals surface area contributed by atoms with Crippen LogP contribution in [0.1, 0.15) is 24.1 Å². The van der Waals surface area contributed by atoms with Crippen molar-refractivity contribution < 1.29 is 18.3 Å². The summed E-state index contributed by atoms with van der Waals surface area (Å²) in [5.74, 6) is -0.449. The Bertz CT molecular complexity index is 451. The number of hydrogen-bond donors (Lipinski definition) is 0. The van der Waals surface area contributed by atoms with Crippen LogP contribution in [-0.2, 0) is 16.0 Å². The lowest BCUT2D eigenvalue weighted by atomic mass is 9.92. The van der Waals surface area contributed by atoms with Crippen molar-refractivity contribution in [2.75, 3.05) is 19.7 Å². The first kappa shape index (κ1) is 13.9. The molecule has 0 radical (unpaired) electrons. The van der Waals surface area contributed by atoms with E-state index in [-0.39, 0.29) is 6.61 Å². The molecule has 5 heteroatoms. The molecule has 0 fully saturated rings. The average Bonchev–Trinajstić information content (AvgIpc) is 2.38. The van der Waals surface area contributed by atoms with Crippen molar-refractivity contribution in [3.8, 4) is 0 Å². The topological polar surface area (TPSA) is 29.5 Å². The fourth-order valence-electron chi connectivity index (χ4n) is 2.49. The molecular formula is C14H17F2NO2. The molecule has 1 aliphatic rings.